The molecule has 2 rings (SSSR count). The molecule has 1 heterocycles. The van der Waals surface area contributed by atoms with Gasteiger partial charge in [0.25, 0.3) is 0 Å². The maximum Gasteiger partial charge on any atom is 0.135 e. The molecule has 1 aromatic carbocycles. The Morgan fingerprint density at radius 1 is 1.38 bits per heavy atom. The molecule has 0 saturated carbocycles. The van der Waals surface area contributed by atoms with Crippen LogP contribution in [-0.4, -0.2) is 6.54 Å². The van der Waals surface area contributed by atoms with Crippen LogP contribution < -0.4 is 5.73 Å². The van der Waals surface area contributed by atoms with E-state index in [1.165, 1.54) is 14.5 Å². The summed E-state index contributed by atoms with van der Waals surface area (Å²) in [7, 11) is 0. The third-order valence-corrected chi connectivity index (χ3v) is 3.45. The summed E-state index contributed by atoms with van der Waals surface area (Å²) in [5.74, 6) is 0. The summed E-state index contributed by atoms with van der Waals surface area (Å²) < 4.78 is 6.74. The number of halogens is 2. The van der Waals surface area contributed by atoms with Crippen molar-refractivity contribution in [3.8, 4) is 0 Å². The molecular formula is C12H15ClINO. The Labute approximate surface area is 115 Å². The van der Waals surface area contributed by atoms with Crippen molar-refractivity contribution in [2.24, 2.45) is 5.73 Å². The van der Waals surface area contributed by atoms with Crippen LogP contribution in [0.5, 0.6) is 0 Å². The second-order valence-corrected chi connectivity index (χ2v) is 5.62. The van der Waals surface area contributed by atoms with Crippen molar-refractivity contribution < 1.29 is 4.42 Å². The van der Waals surface area contributed by atoms with E-state index in [9.17, 15) is 0 Å². The molecule has 0 unspecified atom stereocenters. The summed E-state index contributed by atoms with van der Waals surface area (Å²) in [6, 6.07) is 6.24. The lowest BCUT2D eigenvalue weighted by atomic mass is 9.85. The molecule has 16 heavy (non-hydrogen) atoms. The molecule has 2 N–H and O–H groups in total. The van der Waals surface area contributed by atoms with Crippen molar-refractivity contribution in [1.82, 2.24) is 0 Å². The summed E-state index contributed by atoms with van der Waals surface area (Å²) in [6.07, 6.45) is 1.83. The molecular weight excluding hydrogens is 336 g/mol. The maximum atomic E-state index is 5.78. The van der Waals surface area contributed by atoms with Crippen LogP contribution in [0.4, 0.5) is 0 Å². The minimum Gasteiger partial charge on any atom is -0.464 e. The van der Waals surface area contributed by atoms with E-state index >= 15 is 0 Å². The van der Waals surface area contributed by atoms with Crippen molar-refractivity contribution in [1.29, 1.82) is 0 Å². The zero-order chi connectivity index (χ0) is 11.1. The fraction of sp³-hybridized carbons (Fsp3) is 0.333. The van der Waals surface area contributed by atoms with Crippen LogP contribution >= 0.6 is 35.0 Å². The molecule has 0 spiro atoms. The van der Waals surface area contributed by atoms with Gasteiger partial charge < -0.3 is 10.2 Å². The Bertz CT molecular complexity index is 493. The van der Waals surface area contributed by atoms with E-state index in [0.717, 1.165) is 5.58 Å². The Hall–Kier alpha value is -0.260. The van der Waals surface area contributed by atoms with Crippen molar-refractivity contribution in [2.45, 2.75) is 19.3 Å². The quantitative estimate of drug-likeness (QED) is 0.838. The molecule has 0 amide bonds. The van der Waals surface area contributed by atoms with Crippen LogP contribution in [-0.2, 0) is 5.41 Å². The Kier molecular flexibility index (Phi) is 4.26. The van der Waals surface area contributed by atoms with Crippen molar-refractivity contribution >= 4 is 46.0 Å². The lowest BCUT2D eigenvalue weighted by molar-refractivity contribution is 0.523. The number of hydrogen-bond donors (Lipinski definition) is 1. The molecule has 0 radical (unpaired) electrons. The topological polar surface area (TPSA) is 39.2 Å². The Morgan fingerprint density at radius 3 is 2.69 bits per heavy atom. The normalized spacial score (nSPS) is 11.5. The van der Waals surface area contributed by atoms with Gasteiger partial charge in [0.2, 0.25) is 0 Å². The number of hydrogen-bond acceptors (Lipinski definition) is 2. The van der Waals surface area contributed by atoms with Crippen LogP contribution in [0, 0.1) is 3.57 Å². The van der Waals surface area contributed by atoms with Gasteiger partial charge in [0, 0.05) is 26.5 Å². The van der Waals surface area contributed by atoms with Crippen LogP contribution in [0.1, 0.15) is 19.4 Å². The molecule has 4 heteroatoms. The van der Waals surface area contributed by atoms with Crippen molar-refractivity contribution in [2.75, 3.05) is 6.54 Å². The van der Waals surface area contributed by atoms with Gasteiger partial charge in [0.1, 0.15) is 5.58 Å². The van der Waals surface area contributed by atoms with Crippen LogP contribution in [0.2, 0.25) is 0 Å². The average molecular weight is 352 g/mol. The molecule has 0 aliphatic carbocycles. The second-order valence-electron chi connectivity index (χ2n) is 4.38. The molecule has 1 aromatic heterocycles. The molecule has 0 atom stereocenters. The first-order chi connectivity index (χ1) is 7.04. The molecule has 2 nitrogen and oxygen atoms in total. The highest BCUT2D eigenvalue weighted by atomic mass is 127. The van der Waals surface area contributed by atoms with Gasteiger partial charge in [-0.25, -0.2) is 0 Å². The standard InChI is InChI=1S/C12H14INO.ClH/c1-12(2,7-14)10-6-15-11-5-8(13)3-4-9(10)11;/h3-6H,7,14H2,1-2H3;1H. The molecule has 2 aromatic rings. The zero-order valence-corrected chi connectivity index (χ0v) is 12.3. The van der Waals surface area contributed by atoms with Crippen molar-refractivity contribution in [3.05, 3.63) is 33.6 Å². The Balaban J connectivity index is 0.00000128. The van der Waals surface area contributed by atoms with Crippen LogP contribution in [0.25, 0.3) is 11.0 Å². The second kappa shape index (κ2) is 4.94. The van der Waals surface area contributed by atoms with Gasteiger partial charge in [-0.05, 0) is 40.8 Å². The van der Waals surface area contributed by atoms with E-state index < -0.39 is 0 Å². The van der Waals surface area contributed by atoms with Crippen LogP contribution in [0.3, 0.4) is 0 Å². The predicted molar refractivity (Wildman–Crippen MR) is 78.3 cm³/mol. The third-order valence-electron chi connectivity index (χ3n) is 2.78. The lowest BCUT2D eigenvalue weighted by Gasteiger charge is -2.20. The molecule has 0 aliphatic rings. The summed E-state index contributed by atoms with van der Waals surface area (Å²) in [5.41, 5.74) is 7.88. The smallest absolute Gasteiger partial charge is 0.135 e. The molecule has 88 valence electrons. The number of benzene rings is 1. The van der Waals surface area contributed by atoms with Gasteiger partial charge in [-0.3, -0.25) is 0 Å². The summed E-state index contributed by atoms with van der Waals surface area (Å²) in [5, 5.41) is 1.17. The van der Waals surface area contributed by atoms with E-state index in [1.807, 2.05) is 12.3 Å². The number of fused-ring (bicyclic) bond motifs is 1. The van der Waals surface area contributed by atoms with Crippen LogP contribution in [0.15, 0.2) is 28.9 Å². The first-order valence-electron chi connectivity index (χ1n) is 4.92. The first kappa shape index (κ1) is 13.8. The molecule has 0 fully saturated rings. The minimum absolute atomic E-state index is 0. The molecule has 0 saturated heterocycles. The number of rotatable bonds is 2. The fourth-order valence-electron chi connectivity index (χ4n) is 1.64. The van der Waals surface area contributed by atoms with E-state index in [1.54, 1.807) is 0 Å². The average Bonchev–Trinajstić information content (AvgIpc) is 2.61. The van der Waals surface area contributed by atoms with Gasteiger partial charge in [-0.2, -0.15) is 0 Å². The zero-order valence-electron chi connectivity index (χ0n) is 9.29. The van der Waals surface area contributed by atoms with Gasteiger partial charge >= 0.3 is 0 Å². The lowest BCUT2D eigenvalue weighted by Crippen LogP contribution is -2.27. The highest BCUT2D eigenvalue weighted by Gasteiger charge is 2.23. The van der Waals surface area contributed by atoms with E-state index in [2.05, 4.69) is 48.6 Å². The SMILES string of the molecule is CC(C)(CN)c1coc2cc(I)ccc12.Cl. The van der Waals surface area contributed by atoms with Gasteiger partial charge in [-0.15, -0.1) is 12.4 Å². The van der Waals surface area contributed by atoms with Gasteiger partial charge in [0.15, 0.2) is 0 Å². The highest BCUT2D eigenvalue weighted by Crippen LogP contribution is 2.31. The minimum atomic E-state index is -0.0297. The largest absolute Gasteiger partial charge is 0.464 e. The first-order valence-corrected chi connectivity index (χ1v) is 6.00. The summed E-state index contributed by atoms with van der Waals surface area (Å²) in [6.45, 7) is 4.89. The van der Waals surface area contributed by atoms with Gasteiger partial charge in [0.05, 0.1) is 6.26 Å². The van der Waals surface area contributed by atoms with E-state index in [4.69, 9.17) is 10.2 Å². The Morgan fingerprint density at radius 2 is 2.06 bits per heavy atom. The predicted octanol–water partition coefficient (Wildman–Crippen LogP) is 3.70. The maximum absolute atomic E-state index is 5.78. The van der Waals surface area contributed by atoms with Gasteiger partial charge in [-0.1, -0.05) is 13.8 Å². The molecule has 0 aliphatic heterocycles. The number of nitrogens with two attached hydrogens (primary N) is 1. The highest BCUT2D eigenvalue weighted by molar-refractivity contribution is 14.1. The molecule has 0 bridgehead atoms. The summed E-state index contributed by atoms with van der Waals surface area (Å²) >= 11 is 2.28. The monoisotopic (exact) mass is 351 g/mol. The third kappa shape index (κ3) is 2.36. The summed E-state index contributed by atoms with van der Waals surface area (Å²) in [4.78, 5) is 0. The van der Waals surface area contributed by atoms with Crippen molar-refractivity contribution in [3.63, 3.8) is 0 Å². The van der Waals surface area contributed by atoms with E-state index in [0.29, 0.717) is 6.54 Å². The van der Waals surface area contributed by atoms with E-state index in [-0.39, 0.29) is 17.8 Å². The number of furan rings is 1. The fourth-order valence-corrected chi connectivity index (χ4v) is 2.10.